The summed E-state index contributed by atoms with van der Waals surface area (Å²) < 4.78 is 5.41. The van der Waals surface area contributed by atoms with Crippen molar-refractivity contribution in [2.45, 2.75) is 32.1 Å². The molecule has 0 amide bonds. The average molecular weight is 240 g/mol. The number of nitrogens with two attached hydrogens (primary N) is 1. The summed E-state index contributed by atoms with van der Waals surface area (Å²) in [6, 6.07) is 2.03. The Labute approximate surface area is 102 Å². The fourth-order valence-corrected chi connectivity index (χ4v) is 2.88. The van der Waals surface area contributed by atoms with Crippen molar-refractivity contribution in [3.05, 3.63) is 27.8 Å². The molecule has 0 spiro atoms. The number of fused-ring (bicyclic) bond motifs is 1. The Kier molecular flexibility index (Phi) is 3.72. The van der Waals surface area contributed by atoms with E-state index in [4.69, 9.17) is 22.1 Å². The van der Waals surface area contributed by atoms with Crippen molar-refractivity contribution in [3.8, 4) is 5.75 Å². The lowest BCUT2D eigenvalue weighted by atomic mass is 9.86. The molecule has 2 N–H and O–H groups in total. The molecule has 16 heavy (non-hydrogen) atoms. The van der Waals surface area contributed by atoms with Gasteiger partial charge in [-0.1, -0.05) is 11.6 Å². The molecule has 0 saturated heterocycles. The monoisotopic (exact) mass is 239 g/mol. The van der Waals surface area contributed by atoms with E-state index in [1.165, 1.54) is 29.5 Å². The van der Waals surface area contributed by atoms with Crippen LogP contribution in [-0.4, -0.2) is 13.7 Å². The van der Waals surface area contributed by atoms with Gasteiger partial charge in [0.05, 0.1) is 12.1 Å². The van der Waals surface area contributed by atoms with Crippen LogP contribution in [0.25, 0.3) is 0 Å². The van der Waals surface area contributed by atoms with Crippen molar-refractivity contribution >= 4 is 11.6 Å². The van der Waals surface area contributed by atoms with Crippen LogP contribution in [0, 0.1) is 0 Å². The fourth-order valence-electron chi connectivity index (χ4n) is 2.56. The molecule has 0 aliphatic heterocycles. The van der Waals surface area contributed by atoms with E-state index in [0.29, 0.717) is 6.54 Å². The van der Waals surface area contributed by atoms with E-state index >= 15 is 0 Å². The highest BCUT2D eigenvalue weighted by Gasteiger charge is 2.19. The van der Waals surface area contributed by atoms with Gasteiger partial charge in [0.2, 0.25) is 0 Å². The number of hydrogen-bond acceptors (Lipinski definition) is 2. The zero-order chi connectivity index (χ0) is 11.5. The zero-order valence-corrected chi connectivity index (χ0v) is 10.4. The molecule has 0 fully saturated rings. The lowest BCUT2D eigenvalue weighted by Gasteiger charge is -2.23. The lowest BCUT2D eigenvalue weighted by molar-refractivity contribution is 0.406. The van der Waals surface area contributed by atoms with Crippen molar-refractivity contribution in [1.82, 2.24) is 0 Å². The van der Waals surface area contributed by atoms with E-state index < -0.39 is 0 Å². The molecule has 0 unspecified atom stereocenters. The predicted octanol–water partition coefficient (Wildman–Crippen LogP) is 2.73. The van der Waals surface area contributed by atoms with Gasteiger partial charge in [-0.05, 0) is 61.4 Å². The SMILES string of the molecule is COc1c(Cl)cc(CCN)c2c1CCCC2. The normalized spacial score (nSPS) is 14.7. The Morgan fingerprint density at radius 2 is 2.00 bits per heavy atom. The second kappa shape index (κ2) is 5.07. The number of ether oxygens (including phenoxy) is 1. The van der Waals surface area contributed by atoms with Crippen LogP contribution in [-0.2, 0) is 19.3 Å². The zero-order valence-electron chi connectivity index (χ0n) is 9.68. The highest BCUT2D eigenvalue weighted by atomic mass is 35.5. The molecule has 2 rings (SSSR count). The Morgan fingerprint density at radius 3 is 2.62 bits per heavy atom. The maximum atomic E-state index is 6.24. The molecular weight excluding hydrogens is 222 g/mol. The summed E-state index contributed by atoms with van der Waals surface area (Å²) >= 11 is 6.24. The summed E-state index contributed by atoms with van der Waals surface area (Å²) in [5.41, 5.74) is 9.69. The summed E-state index contributed by atoms with van der Waals surface area (Å²) in [7, 11) is 1.69. The Hall–Kier alpha value is -0.730. The van der Waals surface area contributed by atoms with Gasteiger partial charge in [-0.3, -0.25) is 0 Å². The molecule has 3 heteroatoms. The maximum absolute atomic E-state index is 6.24. The molecule has 0 aromatic heterocycles. The van der Waals surface area contributed by atoms with Crippen LogP contribution in [0.5, 0.6) is 5.75 Å². The van der Waals surface area contributed by atoms with Gasteiger partial charge in [-0.25, -0.2) is 0 Å². The minimum Gasteiger partial charge on any atom is -0.495 e. The molecule has 0 radical (unpaired) electrons. The molecule has 1 aromatic rings. The third-order valence-corrected chi connectivity index (χ3v) is 3.55. The summed E-state index contributed by atoms with van der Waals surface area (Å²) in [6.45, 7) is 0.676. The number of halogens is 1. The Balaban J connectivity index is 2.53. The van der Waals surface area contributed by atoms with Gasteiger partial charge in [0.25, 0.3) is 0 Å². The maximum Gasteiger partial charge on any atom is 0.140 e. The van der Waals surface area contributed by atoms with Gasteiger partial charge in [0.1, 0.15) is 5.75 Å². The van der Waals surface area contributed by atoms with E-state index in [-0.39, 0.29) is 0 Å². The number of benzene rings is 1. The van der Waals surface area contributed by atoms with Crippen molar-refractivity contribution in [3.63, 3.8) is 0 Å². The van der Waals surface area contributed by atoms with Crippen LogP contribution >= 0.6 is 11.6 Å². The average Bonchev–Trinajstić information content (AvgIpc) is 2.30. The van der Waals surface area contributed by atoms with E-state index in [1.54, 1.807) is 7.11 Å². The highest BCUT2D eigenvalue weighted by Crippen LogP contribution is 2.38. The molecule has 1 aliphatic carbocycles. The quantitative estimate of drug-likeness (QED) is 0.880. The van der Waals surface area contributed by atoms with Crippen LogP contribution < -0.4 is 10.5 Å². The summed E-state index contributed by atoms with van der Waals surface area (Å²) in [6.07, 6.45) is 5.61. The van der Waals surface area contributed by atoms with Crippen LogP contribution in [0.2, 0.25) is 5.02 Å². The topological polar surface area (TPSA) is 35.2 Å². The van der Waals surface area contributed by atoms with Crippen LogP contribution in [0.15, 0.2) is 6.07 Å². The first-order valence-corrected chi connectivity index (χ1v) is 6.23. The second-order valence-corrected chi connectivity index (χ2v) is 4.66. The van der Waals surface area contributed by atoms with Crippen LogP contribution in [0.3, 0.4) is 0 Å². The first-order chi connectivity index (χ1) is 7.77. The van der Waals surface area contributed by atoms with Crippen molar-refractivity contribution < 1.29 is 4.74 Å². The summed E-state index contributed by atoms with van der Waals surface area (Å²) in [5, 5.41) is 0.728. The fraction of sp³-hybridized carbons (Fsp3) is 0.538. The van der Waals surface area contributed by atoms with E-state index in [2.05, 4.69) is 0 Å². The molecule has 0 atom stereocenters. The van der Waals surface area contributed by atoms with Crippen LogP contribution in [0.1, 0.15) is 29.5 Å². The molecule has 1 aliphatic rings. The molecular formula is C13H18ClNO. The minimum atomic E-state index is 0.676. The lowest BCUT2D eigenvalue weighted by Crippen LogP contribution is -2.12. The molecule has 1 aromatic carbocycles. The van der Waals surface area contributed by atoms with Gasteiger partial charge in [-0.2, -0.15) is 0 Å². The van der Waals surface area contributed by atoms with Gasteiger partial charge >= 0.3 is 0 Å². The number of methoxy groups -OCH3 is 1. The third kappa shape index (κ3) is 2.04. The predicted molar refractivity (Wildman–Crippen MR) is 67.4 cm³/mol. The second-order valence-electron chi connectivity index (χ2n) is 4.25. The van der Waals surface area contributed by atoms with E-state index in [9.17, 15) is 0 Å². The largest absolute Gasteiger partial charge is 0.495 e. The summed E-state index contributed by atoms with van der Waals surface area (Å²) in [5.74, 6) is 0.872. The van der Waals surface area contributed by atoms with Gasteiger partial charge < -0.3 is 10.5 Å². The molecule has 88 valence electrons. The number of hydrogen-bond donors (Lipinski definition) is 1. The minimum absolute atomic E-state index is 0.676. The number of rotatable bonds is 3. The molecule has 0 heterocycles. The van der Waals surface area contributed by atoms with Gasteiger partial charge in [0, 0.05) is 0 Å². The van der Waals surface area contributed by atoms with Gasteiger partial charge in [-0.15, -0.1) is 0 Å². The van der Waals surface area contributed by atoms with Crippen molar-refractivity contribution in [2.24, 2.45) is 5.73 Å². The highest BCUT2D eigenvalue weighted by molar-refractivity contribution is 6.32. The first kappa shape index (κ1) is 11.7. The smallest absolute Gasteiger partial charge is 0.140 e. The van der Waals surface area contributed by atoms with Crippen LogP contribution in [0.4, 0.5) is 0 Å². The van der Waals surface area contributed by atoms with E-state index in [1.807, 2.05) is 6.07 Å². The standard InChI is InChI=1S/C13H18ClNO/c1-16-13-11-5-3-2-4-10(11)9(6-7-15)8-12(13)14/h8H,2-7,15H2,1H3. The molecule has 0 saturated carbocycles. The third-order valence-electron chi connectivity index (χ3n) is 3.27. The molecule has 0 bridgehead atoms. The Bertz CT molecular complexity index is 390. The van der Waals surface area contributed by atoms with E-state index in [0.717, 1.165) is 30.0 Å². The Morgan fingerprint density at radius 1 is 1.31 bits per heavy atom. The van der Waals surface area contributed by atoms with Gasteiger partial charge in [0.15, 0.2) is 0 Å². The van der Waals surface area contributed by atoms with Crippen molar-refractivity contribution in [1.29, 1.82) is 0 Å². The molecule has 2 nitrogen and oxygen atoms in total. The first-order valence-electron chi connectivity index (χ1n) is 5.85. The van der Waals surface area contributed by atoms with Crippen molar-refractivity contribution in [2.75, 3.05) is 13.7 Å². The summed E-state index contributed by atoms with van der Waals surface area (Å²) in [4.78, 5) is 0.